The average molecular weight is 403 g/mol. The summed E-state index contributed by atoms with van der Waals surface area (Å²) in [7, 11) is 0. The largest absolute Gasteiger partial charge is 0.466 e. The van der Waals surface area contributed by atoms with Crippen LogP contribution in [-0.4, -0.2) is 16.4 Å². The van der Waals surface area contributed by atoms with E-state index in [-0.39, 0.29) is 11.8 Å². The monoisotopic (exact) mass is 402 g/mol. The number of hydrogen-bond acceptors (Lipinski definition) is 3. The lowest BCUT2D eigenvalue weighted by Crippen LogP contribution is -2.54. The van der Waals surface area contributed by atoms with Gasteiger partial charge in [-0.2, -0.15) is 5.10 Å². The summed E-state index contributed by atoms with van der Waals surface area (Å²) in [5.74, 6) is 0.979. The van der Waals surface area contributed by atoms with Crippen LogP contribution in [0.1, 0.15) is 55.7 Å². The van der Waals surface area contributed by atoms with Crippen molar-refractivity contribution in [1.82, 2.24) is 5.01 Å². The number of ether oxygens (including phenoxy) is 1. The summed E-state index contributed by atoms with van der Waals surface area (Å²) in [6, 6.07) is 21.4. The van der Waals surface area contributed by atoms with Crippen molar-refractivity contribution < 1.29 is 4.74 Å². The van der Waals surface area contributed by atoms with E-state index in [0.29, 0.717) is 0 Å². The van der Waals surface area contributed by atoms with Crippen LogP contribution in [-0.2, 0) is 0 Å². The highest BCUT2D eigenvalue weighted by atomic mass is 35.5. The van der Waals surface area contributed by atoms with Crippen LogP contribution in [0.15, 0.2) is 65.8 Å². The van der Waals surface area contributed by atoms with Gasteiger partial charge in [-0.3, -0.25) is 0 Å². The first-order valence-corrected chi connectivity index (χ1v) is 10.9. The molecule has 0 radical (unpaired) electrons. The normalized spacial score (nSPS) is 22.2. The fraction of sp³-hybridized carbons (Fsp3) is 0.320. The highest BCUT2D eigenvalue weighted by Crippen LogP contribution is 2.51. The highest BCUT2D eigenvalue weighted by molar-refractivity contribution is 6.30. The minimum Gasteiger partial charge on any atom is -0.466 e. The average Bonchev–Trinajstić information content (AvgIpc) is 3.22. The molecule has 3 aromatic carbocycles. The van der Waals surface area contributed by atoms with Crippen LogP contribution in [0.5, 0.6) is 5.75 Å². The Labute approximate surface area is 175 Å². The molecule has 3 nitrogen and oxygen atoms in total. The standard InChI is InChI=1S/C25H23ClN2O/c26-20-10-11-24-21(15-20)23-16-22(19-9-8-17-6-2-3-7-18(17)14-19)27-28(23)25(29-24)12-4-1-5-13-25/h2-3,6-11,14-15,23H,1,4-5,12-13,16H2/t23-/m1/s1. The van der Waals surface area contributed by atoms with Crippen LogP contribution >= 0.6 is 11.6 Å². The topological polar surface area (TPSA) is 24.8 Å². The van der Waals surface area contributed by atoms with Gasteiger partial charge in [-0.05, 0) is 53.4 Å². The molecule has 0 unspecified atom stereocenters. The van der Waals surface area contributed by atoms with Crippen LogP contribution in [0.25, 0.3) is 10.8 Å². The molecule has 0 bridgehead atoms. The van der Waals surface area contributed by atoms with Crippen molar-refractivity contribution in [2.75, 3.05) is 0 Å². The molecule has 1 saturated carbocycles. The number of nitrogens with zero attached hydrogens (tertiary/aromatic N) is 2. The summed E-state index contributed by atoms with van der Waals surface area (Å²) in [6.07, 6.45) is 6.59. The third kappa shape index (κ3) is 2.75. The Bertz CT molecular complexity index is 1130. The van der Waals surface area contributed by atoms with Gasteiger partial charge >= 0.3 is 0 Å². The lowest BCUT2D eigenvalue weighted by Gasteiger charge is -2.49. The fourth-order valence-electron chi connectivity index (χ4n) is 5.23. The molecule has 146 valence electrons. The molecule has 29 heavy (non-hydrogen) atoms. The molecule has 3 aliphatic rings. The van der Waals surface area contributed by atoms with E-state index in [1.165, 1.54) is 35.6 Å². The van der Waals surface area contributed by atoms with E-state index in [4.69, 9.17) is 21.4 Å². The van der Waals surface area contributed by atoms with Gasteiger partial charge in [0, 0.05) is 29.8 Å². The van der Waals surface area contributed by atoms with E-state index in [2.05, 4.69) is 53.5 Å². The van der Waals surface area contributed by atoms with Gasteiger partial charge in [0.25, 0.3) is 0 Å². The van der Waals surface area contributed by atoms with Crippen molar-refractivity contribution >= 4 is 28.1 Å². The van der Waals surface area contributed by atoms with Crippen LogP contribution < -0.4 is 4.74 Å². The van der Waals surface area contributed by atoms with Crippen LogP contribution in [0.4, 0.5) is 0 Å². The maximum absolute atomic E-state index is 6.64. The lowest BCUT2D eigenvalue weighted by atomic mass is 9.86. The molecule has 1 fully saturated rings. The molecule has 0 amide bonds. The predicted molar refractivity (Wildman–Crippen MR) is 118 cm³/mol. The third-order valence-electron chi connectivity index (χ3n) is 6.68. The molecule has 0 N–H and O–H groups in total. The molecule has 2 heterocycles. The molecule has 4 heteroatoms. The molecule has 3 aromatic rings. The van der Waals surface area contributed by atoms with Gasteiger partial charge in [0.2, 0.25) is 0 Å². The molecule has 2 aliphatic heterocycles. The number of hydrogen-bond donors (Lipinski definition) is 0. The summed E-state index contributed by atoms with van der Waals surface area (Å²) in [5, 5.41) is 10.7. The van der Waals surface area contributed by atoms with Gasteiger partial charge < -0.3 is 4.74 Å². The third-order valence-corrected chi connectivity index (χ3v) is 6.91. The second-order valence-corrected chi connectivity index (χ2v) is 8.90. The Kier molecular flexibility index (Phi) is 3.89. The Morgan fingerprint density at radius 3 is 2.62 bits per heavy atom. The van der Waals surface area contributed by atoms with Crippen LogP contribution in [0, 0.1) is 0 Å². The molecule has 1 spiro atoms. The fourth-order valence-corrected chi connectivity index (χ4v) is 5.41. The Hall–Kier alpha value is -2.52. The minimum atomic E-state index is -0.317. The zero-order valence-electron chi connectivity index (χ0n) is 16.3. The van der Waals surface area contributed by atoms with Crippen molar-refractivity contribution in [2.45, 2.75) is 50.3 Å². The van der Waals surface area contributed by atoms with Crippen LogP contribution in [0.3, 0.4) is 0 Å². The predicted octanol–water partition coefficient (Wildman–Crippen LogP) is 6.70. The van der Waals surface area contributed by atoms with E-state index in [0.717, 1.165) is 41.3 Å². The quantitative estimate of drug-likeness (QED) is 0.452. The molecular weight excluding hydrogens is 380 g/mol. The van der Waals surface area contributed by atoms with E-state index in [1.807, 2.05) is 12.1 Å². The van der Waals surface area contributed by atoms with E-state index in [1.54, 1.807) is 0 Å². The van der Waals surface area contributed by atoms with Crippen molar-refractivity contribution in [3.63, 3.8) is 0 Å². The number of hydrazone groups is 1. The van der Waals surface area contributed by atoms with Gasteiger partial charge in [-0.1, -0.05) is 54.4 Å². The maximum Gasteiger partial charge on any atom is 0.198 e. The molecule has 1 atom stereocenters. The zero-order chi connectivity index (χ0) is 19.4. The van der Waals surface area contributed by atoms with Crippen molar-refractivity contribution in [2.24, 2.45) is 5.10 Å². The van der Waals surface area contributed by atoms with E-state index in [9.17, 15) is 0 Å². The molecule has 6 rings (SSSR count). The Morgan fingerprint density at radius 1 is 0.931 bits per heavy atom. The van der Waals surface area contributed by atoms with Gasteiger partial charge in [0.05, 0.1) is 11.8 Å². The first kappa shape index (κ1) is 17.3. The first-order valence-electron chi connectivity index (χ1n) is 10.6. The summed E-state index contributed by atoms with van der Waals surface area (Å²) in [4.78, 5) is 0. The highest BCUT2D eigenvalue weighted by Gasteiger charge is 2.50. The number of benzene rings is 3. The number of fused-ring (bicyclic) bond motifs is 5. The summed E-state index contributed by atoms with van der Waals surface area (Å²) in [5.41, 5.74) is 3.19. The maximum atomic E-state index is 6.64. The lowest BCUT2D eigenvalue weighted by molar-refractivity contribution is -0.140. The number of rotatable bonds is 1. The minimum absolute atomic E-state index is 0.192. The SMILES string of the molecule is Clc1ccc2c(c1)[C@H]1CC(c3ccc4ccccc4c3)=NN1C1(CCCCC1)O2. The summed E-state index contributed by atoms with van der Waals surface area (Å²) < 4.78 is 6.64. The van der Waals surface area contributed by atoms with Gasteiger partial charge in [0.15, 0.2) is 5.72 Å². The second kappa shape index (κ2) is 6.50. The van der Waals surface area contributed by atoms with Gasteiger partial charge in [-0.15, -0.1) is 0 Å². The molecule has 1 aliphatic carbocycles. The Morgan fingerprint density at radius 2 is 1.76 bits per heavy atom. The Balaban J connectivity index is 1.46. The van der Waals surface area contributed by atoms with E-state index < -0.39 is 0 Å². The first-order chi connectivity index (χ1) is 14.2. The molecule has 0 aromatic heterocycles. The zero-order valence-corrected chi connectivity index (χ0v) is 17.0. The summed E-state index contributed by atoms with van der Waals surface area (Å²) >= 11 is 6.35. The van der Waals surface area contributed by atoms with E-state index >= 15 is 0 Å². The van der Waals surface area contributed by atoms with Crippen LogP contribution in [0.2, 0.25) is 5.02 Å². The smallest absolute Gasteiger partial charge is 0.198 e. The molecular formula is C25H23ClN2O. The second-order valence-electron chi connectivity index (χ2n) is 8.46. The summed E-state index contributed by atoms with van der Waals surface area (Å²) in [6.45, 7) is 0. The van der Waals surface area contributed by atoms with Crippen molar-refractivity contribution in [3.8, 4) is 5.75 Å². The van der Waals surface area contributed by atoms with Gasteiger partial charge in [0.1, 0.15) is 5.75 Å². The molecule has 0 saturated heterocycles. The number of halogens is 1. The van der Waals surface area contributed by atoms with Crippen molar-refractivity contribution in [3.05, 3.63) is 76.8 Å². The van der Waals surface area contributed by atoms with Gasteiger partial charge in [-0.25, -0.2) is 5.01 Å². The van der Waals surface area contributed by atoms with Crippen molar-refractivity contribution in [1.29, 1.82) is 0 Å².